The van der Waals surface area contributed by atoms with Crippen molar-refractivity contribution in [2.75, 3.05) is 26.4 Å². The number of allylic oxidation sites excluding steroid dienone is 8. The second-order valence-corrected chi connectivity index (χ2v) is 17.7. The number of aliphatic hydroxyl groups excluding tert-OH is 1. The predicted octanol–water partition coefficient (Wildman–Crippen LogP) is 10.2. The van der Waals surface area contributed by atoms with E-state index in [0.717, 1.165) is 70.6 Å². The lowest BCUT2D eigenvalue weighted by molar-refractivity contribution is -0.161. The number of phosphoric ester groups is 2. The molecular formula is C44H76O14P2. The Balaban J connectivity index is 2.42. The number of hydrogen-bond acceptors (Lipinski definition) is 11. The lowest BCUT2D eigenvalue weighted by atomic mass is 10.1. The molecule has 3 unspecified atom stereocenters. The van der Waals surface area contributed by atoms with Crippen LogP contribution in [0.1, 0.15) is 155 Å². The maximum atomic E-state index is 12.7. The van der Waals surface area contributed by atoms with Gasteiger partial charge in [-0.3, -0.25) is 23.2 Å². The summed E-state index contributed by atoms with van der Waals surface area (Å²) in [6.45, 7) is 1.60. The van der Waals surface area contributed by atoms with Gasteiger partial charge in [-0.1, -0.05) is 120 Å². The van der Waals surface area contributed by atoms with Crippen LogP contribution in [-0.2, 0) is 46.5 Å². The topological polar surface area (TPSA) is 208 Å². The molecule has 1 aliphatic rings. The van der Waals surface area contributed by atoms with Gasteiger partial charge in [-0.2, -0.15) is 0 Å². The Labute approximate surface area is 359 Å². The molecule has 60 heavy (non-hydrogen) atoms. The fourth-order valence-electron chi connectivity index (χ4n) is 5.76. The van der Waals surface area contributed by atoms with Crippen LogP contribution in [-0.4, -0.2) is 82.6 Å². The van der Waals surface area contributed by atoms with E-state index in [0.29, 0.717) is 19.3 Å². The molecule has 5 atom stereocenters. The standard InChI is InChI=1S/C44H76O14P2/c1-3-5-7-9-11-13-14-15-16-17-18-20-22-24-29-33-43(46)53-37-40(38-56-60(51,52)55-36-39(45)35-54-59(48,49)50)57-44(47)34-30-26-25-28-32-42-41(58-42)31-27-23-21-19-12-10-8-6-4-2/h11-13,15-16,19,23,25,27-28,39-42,45H,3-10,14,17-18,20-22,24,26,29-38H2,1-2H3,(H,51,52)(H2,48,49,50)/b13-11-,16-15-,19-12-,27-23-,28-25-/t39-,40+,41?,42?/m0/s1. The summed E-state index contributed by atoms with van der Waals surface area (Å²) in [6.07, 6.45) is 39.5. The van der Waals surface area contributed by atoms with Crippen LogP contribution in [0.5, 0.6) is 0 Å². The number of unbranched alkanes of at least 4 members (excludes halogenated alkanes) is 12. The Morgan fingerprint density at radius 2 is 1.03 bits per heavy atom. The minimum atomic E-state index is -4.87. The van der Waals surface area contributed by atoms with Crippen molar-refractivity contribution < 1.29 is 66.3 Å². The molecule has 0 aliphatic carbocycles. The predicted molar refractivity (Wildman–Crippen MR) is 234 cm³/mol. The smallest absolute Gasteiger partial charge is 0.462 e. The molecule has 0 amide bonds. The highest BCUT2D eigenvalue weighted by Gasteiger charge is 2.36. The van der Waals surface area contributed by atoms with E-state index in [-0.39, 0.29) is 25.0 Å². The van der Waals surface area contributed by atoms with E-state index in [2.05, 4.69) is 71.5 Å². The van der Waals surface area contributed by atoms with E-state index in [9.17, 15) is 28.7 Å². The molecule has 0 spiro atoms. The van der Waals surface area contributed by atoms with Crippen molar-refractivity contribution in [3.8, 4) is 0 Å². The number of epoxide rings is 1. The van der Waals surface area contributed by atoms with E-state index in [1.54, 1.807) is 0 Å². The first kappa shape index (κ1) is 55.8. The van der Waals surface area contributed by atoms with Gasteiger partial charge in [-0.25, -0.2) is 9.13 Å². The minimum Gasteiger partial charge on any atom is -0.462 e. The number of esters is 2. The maximum absolute atomic E-state index is 12.7. The van der Waals surface area contributed by atoms with E-state index in [1.807, 2.05) is 12.2 Å². The van der Waals surface area contributed by atoms with Crippen LogP contribution in [0.4, 0.5) is 0 Å². The third-order valence-corrected chi connectivity index (χ3v) is 10.7. The largest absolute Gasteiger partial charge is 0.472 e. The summed E-state index contributed by atoms with van der Waals surface area (Å²) >= 11 is 0. The number of carbonyl (C=O) groups is 2. The molecule has 4 N–H and O–H groups in total. The molecule has 16 heteroatoms. The van der Waals surface area contributed by atoms with Gasteiger partial charge in [0.2, 0.25) is 0 Å². The summed E-state index contributed by atoms with van der Waals surface area (Å²) in [5, 5.41) is 9.75. The molecule has 0 aromatic carbocycles. The quantitative estimate of drug-likeness (QED) is 0.0148. The Kier molecular flexibility index (Phi) is 33.7. The first-order valence-corrected chi connectivity index (χ1v) is 25.1. The highest BCUT2D eigenvalue weighted by molar-refractivity contribution is 7.47. The van der Waals surface area contributed by atoms with Gasteiger partial charge in [0.25, 0.3) is 0 Å². The summed E-state index contributed by atoms with van der Waals surface area (Å²) < 4.78 is 53.5. The molecular weight excluding hydrogens is 814 g/mol. The normalized spacial score (nSPS) is 18.0. The number of rotatable bonds is 40. The second-order valence-electron chi connectivity index (χ2n) is 15.0. The Bertz CT molecular complexity index is 1360. The van der Waals surface area contributed by atoms with Crippen LogP contribution in [0.15, 0.2) is 60.8 Å². The van der Waals surface area contributed by atoms with Crippen LogP contribution in [0.3, 0.4) is 0 Å². The summed E-state index contributed by atoms with van der Waals surface area (Å²) in [4.78, 5) is 52.7. The van der Waals surface area contributed by atoms with Crippen LogP contribution in [0.25, 0.3) is 0 Å². The molecule has 0 aromatic rings. The van der Waals surface area contributed by atoms with Gasteiger partial charge in [0.05, 0.1) is 32.0 Å². The van der Waals surface area contributed by atoms with Crippen molar-refractivity contribution in [2.45, 2.75) is 180 Å². The fourth-order valence-corrected chi connectivity index (χ4v) is 6.92. The molecule has 1 rings (SSSR count). The highest BCUT2D eigenvalue weighted by Crippen LogP contribution is 2.44. The third-order valence-electron chi connectivity index (χ3n) is 9.27. The number of hydrogen-bond donors (Lipinski definition) is 4. The Morgan fingerprint density at radius 1 is 0.567 bits per heavy atom. The summed E-state index contributed by atoms with van der Waals surface area (Å²) in [6, 6.07) is 0. The van der Waals surface area contributed by atoms with Gasteiger partial charge < -0.3 is 34.0 Å². The third kappa shape index (κ3) is 36.4. The van der Waals surface area contributed by atoms with Crippen molar-refractivity contribution in [3.63, 3.8) is 0 Å². The number of aliphatic hydroxyl groups is 1. The van der Waals surface area contributed by atoms with Crippen molar-refractivity contribution in [3.05, 3.63) is 60.8 Å². The molecule has 1 fully saturated rings. The SMILES string of the molecule is CCCCC/C=C\C/C=C\CCCCCCCC(=O)OC[C@H](COP(=O)(O)OC[C@@H](O)COP(=O)(O)O)OC(=O)CCC/C=C\CC1OC1C/C=C\C/C=C\CCCCC. The summed E-state index contributed by atoms with van der Waals surface area (Å²) in [5.74, 6) is -1.12. The van der Waals surface area contributed by atoms with Crippen molar-refractivity contribution in [2.24, 2.45) is 0 Å². The molecule has 0 aromatic heterocycles. The Hall–Kier alpha value is -2.22. The molecule has 0 radical (unpaired) electrons. The summed E-state index contributed by atoms with van der Waals surface area (Å²) in [5.41, 5.74) is 0. The van der Waals surface area contributed by atoms with Crippen molar-refractivity contribution >= 4 is 27.6 Å². The summed E-state index contributed by atoms with van der Waals surface area (Å²) in [7, 11) is -9.71. The molecule has 0 bridgehead atoms. The molecule has 1 saturated heterocycles. The van der Waals surface area contributed by atoms with Crippen LogP contribution >= 0.6 is 15.6 Å². The molecule has 0 saturated carbocycles. The monoisotopic (exact) mass is 890 g/mol. The molecule has 1 aliphatic heterocycles. The number of phosphoric acid groups is 2. The minimum absolute atomic E-state index is 0.0419. The zero-order valence-corrected chi connectivity index (χ0v) is 38.0. The van der Waals surface area contributed by atoms with Gasteiger partial charge in [-0.05, 0) is 83.5 Å². The van der Waals surface area contributed by atoms with E-state index in [1.165, 1.54) is 38.5 Å². The van der Waals surface area contributed by atoms with E-state index < -0.39 is 66.2 Å². The highest BCUT2D eigenvalue weighted by atomic mass is 31.2. The first-order chi connectivity index (χ1) is 28.8. The lowest BCUT2D eigenvalue weighted by Crippen LogP contribution is -2.29. The van der Waals surface area contributed by atoms with Crippen LogP contribution in [0, 0.1) is 0 Å². The zero-order chi connectivity index (χ0) is 44.2. The average molecular weight is 891 g/mol. The molecule has 346 valence electrons. The number of carbonyl (C=O) groups excluding carboxylic acids is 2. The van der Waals surface area contributed by atoms with Gasteiger partial charge in [-0.15, -0.1) is 0 Å². The van der Waals surface area contributed by atoms with Crippen LogP contribution < -0.4 is 0 Å². The lowest BCUT2D eigenvalue weighted by Gasteiger charge is -2.20. The second kappa shape index (κ2) is 36.3. The number of ether oxygens (including phenoxy) is 3. The molecule has 14 nitrogen and oxygen atoms in total. The van der Waals surface area contributed by atoms with E-state index >= 15 is 0 Å². The van der Waals surface area contributed by atoms with E-state index in [4.69, 9.17) is 28.5 Å². The van der Waals surface area contributed by atoms with Gasteiger partial charge >= 0.3 is 27.6 Å². The van der Waals surface area contributed by atoms with Gasteiger partial charge in [0.15, 0.2) is 6.10 Å². The average Bonchev–Trinajstić information content (AvgIpc) is 3.96. The fraction of sp³-hybridized carbons (Fsp3) is 0.727. The van der Waals surface area contributed by atoms with Gasteiger partial charge in [0.1, 0.15) is 12.7 Å². The van der Waals surface area contributed by atoms with Crippen molar-refractivity contribution in [1.29, 1.82) is 0 Å². The Morgan fingerprint density at radius 3 is 1.63 bits per heavy atom. The molecule has 1 heterocycles. The maximum Gasteiger partial charge on any atom is 0.472 e. The van der Waals surface area contributed by atoms with Crippen LogP contribution in [0.2, 0.25) is 0 Å². The first-order valence-electron chi connectivity index (χ1n) is 22.1. The zero-order valence-electron chi connectivity index (χ0n) is 36.2. The van der Waals surface area contributed by atoms with Gasteiger partial charge in [0, 0.05) is 12.8 Å². The van der Waals surface area contributed by atoms with Crippen molar-refractivity contribution in [1.82, 2.24) is 0 Å².